The number of carbonyl (C=O) groups is 1. The molecule has 9 heteroatoms. The first-order valence-electron chi connectivity index (χ1n) is 9.67. The van der Waals surface area contributed by atoms with Gasteiger partial charge in [-0.2, -0.15) is 0 Å². The van der Waals surface area contributed by atoms with E-state index in [2.05, 4.69) is 20.2 Å². The molecule has 1 aliphatic heterocycles. The lowest BCUT2D eigenvalue weighted by atomic mass is 10.3. The zero-order valence-corrected chi connectivity index (χ0v) is 17.6. The highest BCUT2D eigenvalue weighted by Crippen LogP contribution is 2.28. The molecule has 1 N–H and O–H groups in total. The molecule has 3 heterocycles. The number of aryl methyl sites for hydroxylation is 1. The largest absolute Gasteiger partial charge is 0.495 e. The molecule has 1 fully saturated rings. The smallest absolute Gasteiger partial charge is 0.322 e. The van der Waals surface area contributed by atoms with E-state index in [-0.39, 0.29) is 6.03 Å². The first-order chi connectivity index (χ1) is 14.5. The Kier molecular flexibility index (Phi) is 5.76. The third kappa shape index (κ3) is 4.33. The predicted octanol–water partition coefficient (Wildman–Crippen LogP) is 3.59. The lowest BCUT2D eigenvalue weighted by molar-refractivity contribution is 0.208. The summed E-state index contributed by atoms with van der Waals surface area (Å²) in [6, 6.07) is 10.9. The predicted molar refractivity (Wildman–Crippen MR) is 117 cm³/mol. The Morgan fingerprint density at radius 3 is 2.47 bits per heavy atom. The SMILES string of the molecule is COc1ccc(Cl)cc1NC(=O)N1CCN(c2cc(-n3cccc3)nc(C)n2)CC1. The third-order valence-corrected chi connectivity index (χ3v) is 5.21. The van der Waals surface area contributed by atoms with Gasteiger partial charge in [-0.3, -0.25) is 0 Å². The second kappa shape index (κ2) is 8.62. The van der Waals surface area contributed by atoms with Crippen molar-refractivity contribution >= 4 is 29.1 Å². The fraction of sp³-hybridized carbons (Fsp3) is 0.286. The van der Waals surface area contributed by atoms with Crippen LogP contribution in [0.2, 0.25) is 5.02 Å². The number of urea groups is 1. The highest BCUT2D eigenvalue weighted by atomic mass is 35.5. The van der Waals surface area contributed by atoms with Gasteiger partial charge in [0.15, 0.2) is 0 Å². The van der Waals surface area contributed by atoms with Crippen molar-refractivity contribution in [1.29, 1.82) is 0 Å². The van der Waals surface area contributed by atoms with Crippen molar-refractivity contribution in [1.82, 2.24) is 19.4 Å². The number of piperazine rings is 1. The van der Waals surface area contributed by atoms with Crippen LogP contribution in [0.25, 0.3) is 5.82 Å². The summed E-state index contributed by atoms with van der Waals surface area (Å²) in [5.74, 6) is 2.98. The van der Waals surface area contributed by atoms with E-state index in [0.717, 1.165) is 11.6 Å². The molecule has 2 aromatic heterocycles. The highest BCUT2D eigenvalue weighted by Gasteiger charge is 2.23. The van der Waals surface area contributed by atoms with Gasteiger partial charge < -0.3 is 24.4 Å². The Labute approximate surface area is 180 Å². The van der Waals surface area contributed by atoms with E-state index in [1.54, 1.807) is 30.2 Å². The van der Waals surface area contributed by atoms with Gasteiger partial charge in [0.25, 0.3) is 0 Å². The van der Waals surface area contributed by atoms with Crippen molar-refractivity contribution in [3.05, 3.63) is 59.6 Å². The van der Waals surface area contributed by atoms with Crippen molar-refractivity contribution in [2.75, 3.05) is 43.5 Å². The molecular formula is C21H23ClN6O2. The van der Waals surface area contributed by atoms with E-state index in [4.69, 9.17) is 16.3 Å². The maximum absolute atomic E-state index is 12.7. The summed E-state index contributed by atoms with van der Waals surface area (Å²) >= 11 is 6.05. The number of nitrogens with zero attached hydrogens (tertiary/aromatic N) is 5. The molecule has 0 atom stereocenters. The molecule has 1 aliphatic rings. The van der Waals surface area contributed by atoms with Crippen LogP contribution < -0.4 is 15.0 Å². The first kappa shape index (κ1) is 20.0. The summed E-state index contributed by atoms with van der Waals surface area (Å²) < 4.78 is 7.26. The van der Waals surface area contributed by atoms with Gasteiger partial charge in [-0.25, -0.2) is 14.8 Å². The molecule has 156 valence electrons. The zero-order valence-electron chi connectivity index (χ0n) is 16.9. The molecule has 1 aromatic carbocycles. The van der Waals surface area contributed by atoms with Crippen molar-refractivity contribution in [2.24, 2.45) is 0 Å². The number of carbonyl (C=O) groups excluding carboxylic acids is 1. The molecule has 3 aromatic rings. The second-order valence-electron chi connectivity index (χ2n) is 6.97. The molecule has 4 rings (SSSR count). The molecule has 8 nitrogen and oxygen atoms in total. The quantitative estimate of drug-likeness (QED) is 0.690. The molecule has 1 saturated heterocycles. The Balaban J connectivity index is 1.42. The number of anilines is 2. The van der Waals surface area contributed by atoms with Crippen LogP contribution in [0.1, 0.15) is 5.82 Å². The van der Waals surface area contributed by atoms with Crippen LogP contribution in [-0.2, 0) is 0 Å². The molecular weight excluding hydrogens is 404 g/mol. The van der Waals surface area contributed by atoms with Crippen LogP contribution in [0.3, 0.4) is 0 Å². The van der Waals surface area contributed by atoms with Crippen molar-refractivity contribution in [3.63, 3.8) is 0 Å². The number of amides is 2. The van der Waals surface area contributed by atoms with Crippen LogP contribution >= 0.6 is 11.6 Å². The summed E-state index contributed by atoms with van der Waals surface area (Å²) in [5.41, 5.74) is 0.556. The third-order valence-electron chi connectivity index (χ3n) is 4.97. The van der Waals surface area contributed by atoms with Gasteiger partial charge in [-0.05, 0) is 37.3 Å². The maximum Gasteiger partial charge on any atom is 0.322 e. The highest BCUT2D eigenvalue weighted by molar-refractivity contribution is 6.31. The summed E-state index contributed by atoms with van der Waals surface area (Å²) in [6.45, 7) is 4.41. The van der Waals surface area contributed by atoms with Gasteiger partial charge in [0, 0.05) is 49.7 Å². The molecule has 0 bridgehead atoms. The summed E-state index contributed by atoms with van der Waals surface area (Å²) in [5, 5.41) is 3.43. The Hall–Kier alpha value is -3.26. The molecule has 2 amide bonds. The number of benzene rings is 1. The van der Waals surface area contributed by atoms with Gasteiger partial charge in [-0.1, -0.05) is 11.6 Å². The standard InChI is InChI=1S/C21H23ClN6O2/c1-15-23-19(26-7-3-4-8-26)14-20(24-15)27-9-11-28(12-10-27)21(29)25-17-13-16(22)5-6-18(17)30-2/h3-8,13-14H,9-12H2,1-2H3,(H,25,29). The van der Waals surface area contributed by atoms with Crippen molar-refractivity contribution in [3.8, 4) is 11.6 Å². The van der Waals surface area contributed by atoms with Crippen molar-refractivity contribution in [2.45, 2.75) is 6.92 Å². The summed E-state index contributed by atoms with van der Waals surface area (Å²) in [6.07, 6.45) is 3.91. The van der Waals surface area contributed by atoms with Crippen LogP contribution in [0, 0.1) is 6.92 Å². The number of aromatic nitrogens is 3. The Morgan fingerprint density at radius 1 is 1.07 bits per heavy atom. The summed E-state index contributed by atoms with van der Waals surface area (Å²) in [7, 11) is 1.56. The topological polar surface area (TPSA) is 75.5 Å². The second-order valence-corrected chi connectivity index (χ2v) is 7.41. The maximum atomic E-state index is 12.7. The van der Waals surface area contributed by atoms with Gasteiger partial charge in [0.2, 0.25) is 0 Å². The Morgan fingerprint density at radius 2 is 1.77 bits per heavy atom. The van der Waals surface area contributed by atoms with E-state index in [0.29, 0.717) is 48.5 Å². The molecule has 0 saturated carbocycles. The minimum absolute atomic E-state index is 0.179. The number of methoxy groups -OCH3 is 1. The van der Waals surface area contributed by atoms with E-state index in [1.807, 2.05) is 42.1 Å². The van der Waals surface area contributed by atoms with Gasteiger partial charge >= 0.3 is 6.03 Å². The van der Waals surface area contributed by atoms with E-state index in [1.165, 1.54) is 0 Å². The summed E-state index contributed by atoms with van der Waals surface area (Å²) in [4.78, 5) is 25.8. The van der Waals surface area contributed by atoms with Crippen LogP contribution in [0.15, 0.2) is 48.8 Å². The average Bonchev–Trinajstić information content (AvgIpc) is 3.29. The van der Waals surface area contributed by atoms with Crippen LogP contribution in [0.5, 0.6) is 5.75 Å². The number of halogens is 1. The van der Waals surface area contributed by atoms with Crippen LogP contribution in [-0.4, -0.2) is 58.8 Å². The lowest BCUT2D eigenvalue weighted by Crippen LogP contribution is -2.50. The van der Waals surface area contributed by atoms with E-state index >= 15 is 0 Å². The Bertz CT molecular complexity index is 1030. The molecule has 0 spiro atoms. The number of ether oxygens (including phenoxy) is 1. The normalized spacial score (nSPS) is 14.0. The number of rotatable bonds is 4. The molecule has 0 aliphatic carbocycles. The zero-order chi connectivity index (χ0) is 21.1. The number of nitrogens with one attached hydrogen (secondary N) is 1. The van der Waals surface area contributed by atoms with E-state index < -0.39 is 0 Å². The number of hydrogen-bond acceptors (Lipinski definition) is 5. The molecule has 0 unspecified atom stereocenters. The van der Waals surface area contributed by atoms with Gasteiger partial charge in [0.1, 0.15) is 23.2 Å². The first-order valence-corrected chi connectivity index (χ1v) is 10.0. The fourth-order valence-electron chi connectivity index (χ4n) is 3.43. The van der Waals surface area contributed by atoms with E-state index in [9.17, 15) is 4.79 Å². The number of hydrogen-bond donors (Lipinski definition) is 1. The monoisotopic (exact) mass is 426 g/mol. The minimum Gasteiger partial charge on any atom is -0.495 e. The van der Waals surface area contributed by atoms with Gasteiger partial charge in [0.05, 0.1) is 12.8 Å². The average molecular weight is 427 g/mol. The molecule has 0 radical (unpaired) electrons. The lowest BCUT2D eigenvalue weighted by Gasteiger charge is -2.35. The van der Waals surface area contributed by atoms with Crippen molar-refractivity contribution < 1.29 is 9.53 Å². The molecule has 30 heavy (non-hydrogen) atoms. The fourth-order valence-corrected chi connectivity index (χ4v) is 3.60. The van der Waals surface area contributed by atoms with Crippen LogP contribution in [0.4, 0.5) is 16.3 Å². The minimum atomic E-state index is -0.179. The van der Waals surface area contributed by atoms with Gasteiger partial charge in [-0.15, -0.1) is 0 Å².